The zero-order valence-electron chi connectivity index (χ0n) is 9.95. The van der Waals surface area contributed by atoms with Gasteiger partial charge in [0.15, 0.2) is 0 Å². The van der Waals surface area contributed by atoms with Crippen LogP contribution in [0.3, 0.4) is 0 Å². The Morgan fingerprint density at radius 1 is 1.25 bits per heavy atom. The van der Waals surface area contributed by atoms with E-state index in [1.807, 2.05) is 0 Å². The molecule has 1 N–H and O–H groups in total. The van der Waals surface area contributed by atoms with Crippen LogP contribution in [-0.4, -0.2) is 5.91 Å². The highest BCUT2D eigenvalue weighted by molar-refractivity contribution is 9.10. The maximum Gasteiger partial charge on any atom is 0.258 e. The Kier molecular flexibility index (Phi) is 4.11. The maximum absolute atomic E-state index is 13.8. The van der Waals surface area contributed by atoms with Crippen LogP contribution in [0.15, 0.2) is 40.9 Å². The first kappa shape index (κ1) is 14.2. The molecule has 3 nitrogen and oxygen atoms in total. The summed E-state index contributed by atoms with van der Waals surface area (Å²) in [5, 5.41) is 11.3. The quantitative estimate of drug-likeness (QED) is 0.905. The number of hydrogen-bond donors (Lipinski definition) is 1. The normalized spacial score (nSPS) is 9.90. The second kappa shape index (κ2) is 5.80. The van der Waals surface area contributed by atoms with Crippen molar-refractivity contribution in [2.24, 2.45) is 0 Å². The molecule has 0 aliphatic rings. The number of carbonyl (C=O) groups is 1. The number of rotatable bonds is 2. The Balaban J connectivity index is 2.33. The molecule has 0 radical (unpaired) electrons. The van der Waals surface area contributed by atoms with Crippen LogP contribution in [0.4, 0.5) is 14.5 Å². The summed E-state index contributed by atoms with van der Waals surface area (Å²) >= 11 is 2.98. The number of nitrogens with zero attached hydrogens (tertiary/aromatic N) is 1. The Labute approximate surface area is 122 Å². The minimum atomic E-state index is -0.716. The van der Waals surface area contributed by atoms with E-state index >= 15 is 0 Å². The molecule has 0 aliphatic carbocycles. The summed E-state index contributed by atoms with van der Waals surface area (Å²) in [6.45, 7) is 0. The lowest BCUT2D eigenvalue weighted by Crippen LogP contribution is -2.15. The van der Waals surface area contributed by atoms with Gasteiger partial charge in [-0.1, -0.05) is 6.07 Å². The summed E-state index contributed by atoms with van der Waals surface area (Å²) in [6.07, 6.45) is 0. The smallest absolute Gasteiger partial charge is 0.258 e. The topological polar surface area (TPSA) is 52.9 Å². The molecule has 0 atom stereocenters. The highest BCUT2D eigenvalue weighted by Gasteiger charge is 2.15. The molecule has 2 aromatic carbocycles. The Morgan fingerprint density at radius 2 is 2.00 bits per heavy atom. The van der Waals surface area contributed by atoms with E-state index < -0.39 is 17.5 Å². The van der Waals surface area contributed by atoms with E-state index in [9.17, 15) is 13.6 Å². The standard InChI is InChI=1S/C14H7BrF2N2O/c15-11-3-1-2-10(13(11)17)14(20)19-12-5-4-9(16)6-8(12)7-18/h1-6H,(H,19,20). The van der Waals surface area contributed by atoms with Gasteiger partial charge in [-0.25, -0.2) is 8.78 Å². The number of carbonyl (C=O) groups excluding carboxylic acids is 1. The maximum atomic E-state index is 13.8. The van der Waals surface area contributed by atoms with Crippen LogP contribution in [-0.2, 0) is 0 Å². The molecule has 20 heavy (non-hydrogen) atoms. The molecule has 0 fully saturated rings. The van der Waals surface area contributed by atoms with Crippen LogP contribution < -0.4 is 5.32 Å². The zero-order chi connectivity index (χ0) is 14.7. The van der Waals surface area contributed by atoms with Gasteiger partial charge in [0.05, 0.1) is 21.3 Å². The lowest BCUT2D eigenvalue weighted by molar-refractivity contribution is 0.102. The van der Waals surface area contributed by atoms with Gasteiger partial charge in [-0.15, -0.1) is 0 Å². The predicted molar refractivity (Wildman–Crippen MR) is 73.2 cm³/mol. The van der Waals surface area contributed by atoms with Gasteiger partial charge in [-0.3, -0.25) is 4.79 Å². The van der Waals surface area contributed by atoms with E-state index in [2.05, 4.69) is 21.2 Å². The van der Waals surface area contributed by atoms with Crippen LogP contribution >= 0.6 is 15.9 Å². The highest BCUT2D eigenvalue weighted by Crippen LogP contribution is 2.21. The molecular formula is C14H7BrF2N2O. The average Bonchev–Trinajstić information content (AvgIpc) is 2.43. The largest absolute Gasteiger partial charge is 0.321 e. The van der Waals surface area contributed by atoms with E-state index in [0.29, 0.717) is 0 Å². The molecule has 1 amide bonds. The summed E-state index contributed by atoms with van der Waals surface area (Å²) in [6, 6.07) is 9.40. The lowest BCUT2D eigenvalue weighted by Gasteiger charge is -2.08. The first-order chi connectivity index (χ1) is 9.52. The number of halogens is 3. The molecule has 6 heteroatoms. The van der Waals surface area contributed by atoms with Crippen LogP contribution in [0, 0.1) is 23.0 Å². The zero-order valence-corrected chi connectivity index (χ0v) is 11.5. The van der Waals surface area contributed by atoms with Crippen LogP contribution in [0.1, 0.15) is 15.9 Å². The molecule has 100 valence electrons. The molecule has 0 spiro atoms. The number of nitriles is 1. The van der Waals surface area contributed by atoms with E-state index in [0.717, 1.165) is 12.1 Å². The predicted octanol–water partition coefficient (Wildman–Crippen LogP) is 3.85. The van der Waals surface area contributed by atoms with Crippen molar-refractivity contribution in [2.45, 2.75) is 0 Å². The average molecular weight is 337 g/mol. The summed E-state index contributed by atoms with van der Waals surface area (Å²) in [5.41, 5.74) is -0.0837. The lowest BCUT2D eigenvalue weighted by atomic mass is 10.1. The number of hydrogen-bond acceptors (Lipinski definition) is 2. The minimum absolute atomic E-state index is 0.0336. The second-order valence-corrected chi connectivity index (χ2v) is 4.71. The van der Waals surface area contributed by atoms with Crippen molar-refractivity contribution < 1.29 is 13.6 Å². The van der Waals surface area contributed by atoms with Crippen molar-refractivity contribution in [3.8, 4) is 6.07 Å². The Bertz CT molecular complexity index is 726. The fourth-order valence-electron chi connectivity index (χ4n) is 1.59. The van der Waals surface area contributed by atoms with E-state index in [4.69, 9.17) is 5.26 Å². The van der Waals surface area contributed by atoms with Gasteiger partial charge >= 0.3 is 0 Å². The molecule has 0 aliphatic heterocycles. The molecule has 2 rings (SSSR count). The summed E-state index contributed by atoms with van der Waals surface area (Å²) < 4.78 is 26.9. The van der Waals surface area contributed by atoms with E-state index in [1.165, 1.54) is 24.3 Å². The fourth-order valence-corrected chi connectivity index (χ4v) is 1.95. The van der Waals surface area contributed by atoms with Gasteiger partial charge in [-0.2, -0.15) is 5.26 Å². The molecule has 0 aromatic heterocycles. The van der Waals surface area contributed by atoms with Gasteiger partial charge < -0.3 is 5.32 Å². The summed E-state index contributed by atoms with van der Waals surface area (Å²) in [5.74, 6) is -2.01. The SMILES string of the molecule is N#Cc1cc(F)ccc1NC(=O)c1cccc(Br)c1F. The first-order valence-corrected chi connectivity index (χ1v) is 6.27. The number of benzene rings is 2. The fraction of sp³-hybridized carbons (Fsp3) is 0. The van der Waals surface area contributed by atoms with E-state index in [1.54, 1.807) is 6.07 Å². The van der Waals surface area contributed by atoms with Gasteiger partial charge in [0, 0.05) is 0 Å². The van der Waals surface area contributed by atoms with Crippen molar-refractivity contribution in [1.29, 1.82) is 5.26 Å². The third kappa shape index (κ3) is 2.83. The molecule has 0 saturated carbocycles. The molecule has 0 heterocycles. The second-order valence-electron chi connectivity index (χ2n) is 3.86. The Hall–Kier alpha value is -2.26. The molecule has 0 bridgehead atoms. The van der Waals surface area contributed by atoms with Crippen molar-refractivity contribution >= 4 is 27.5 Å². The van der Waals surface area contributed by atoms with Crippen LogP contribution in [0.25, 0.3) is 0 Å². The number of amides is 1. The van der Waals surface area contributed by atoms with Crippen molar-refractivity contribution in [3.05, 3.63) is 63.6 Å². The first-order valence-electron chi connectivity index (χ1n) is 5.48. The van der Waals surface area contributed by atoms with E-state index in [-0.39, 0.29) is 21.3 Å². The van der Waals surface area contributed by atoms with Gasteiger partial charge in [-0.05, 0) is 46.3 Å². The molecule has 2 aromatic rings. The number of anilines is 1. The van der Waals surface area contributed by atoms with Gasteiger partial charge in [0.25, 0.3) is 5.91 Å². The molecule has 0 unspecified atom stereocenters. The molecule has 0 saturated heterocycles. The minimum Gasteiger partial charge on any atom is -0.321 e. The summed E-state index contributed by atoms with van der Waals surface area (Å²) in [7, 11) is 0. The van der Waals surface area contributed by atoms with Crippen molar-refractivity contribution in [2.75, 3.05) is 5.32 Å². The van der Waals surface area contributed by atoms with Crippen molar-refractivity contribution in [1.82, 2.24) is 0 Å². The third-order valence-corrected chi connectivity index (χ3v) is 3.16. The van der Waals surface area contributed by atoms with Crippen LogP contribution in [0.2, 0.25) is 0 Å². The summed E-state index contributed by atoms with van der Waals surface area (Å²) in [4.78, 5) is 12.0. The third-order valence-electron chi connectivity index (χ3n) is 2.55. The van der Waals surface area contributed by atoms with Gasteiger partial charge in [0.2, 0.25) is 0 Å². The highest BCUT2D eigenvalue weighted by atomic mass is 79.9. The molecular weight excluding hydrogens is 330 g/mol. The Morgan fingerprint density at radius 3 is 2.70 bits per heavy atom. The van der Waals surface area contributed by atoms with Gasteiger partial charge in [0.1, 0.15) is 17.7 Å². The van der Waals surface area contributed by atoms with Crippen LogP contribution in [0.5, 0.6) is 0 Å². The monoisotopic (exact) mass is 336 g/mol. The van der Waals surface area contributed by atoms with Crippen molar-refractivity contribution in [3.63, 3.8) is 0 Å². The number of nitrogens with one attached hydrogen (secondary N) is 1.